The first kappa shape index (κ1) is 20.2. The van der Waals surface area contributed by atoms with Gasteiger partial charge in [-0.05, 0) is 35.4 Å². The fraction of sp³-hybridized carbons (Fsp3) is 0.192. The molecule has 0 aliphatic carbocycles. The van der Waals surface area contributed by atoms with E-state index in [1.54, 1.807) is 11.0 Å². The van der Waals surface area contributed by atoms with Gasteiger partial charge in [0.1, 0.15) is 12.7 Å². The van der Waals surface area contributed by atoms with Gasteiger partial charge in [0.15, 0.2) is 0 Å². The lowest BCUT2D eigenvalue weighted by Gasteiger charge is -2.39. The van der Waals surface area contributed by atoms with E-state index in [-0.39, 0.29) is 11.9 Å². The van der Waals surface area contributed by atoms with E-state index < -0.39 is 0 Å². The number of aromatic nitrogens is 3. The van der Waals surface area contributed by atoms with Crippen molar-refractivity contribution < 1.29 is 4.79 Å². The van der Waals surface area contributed by atoms with Gasteiger partial charge in [0.25, 0.3) is 5.91 Å². The molecule has 1 fully saturated rings. The molecule has 0 radical (unpaired) electrons. The lowest BCUT2D eigenvalue weighted by molar-refractivity contribution is 0.0597. The number of hydrogen-bond acceptors (Lipinski definition) is 4. The number of carbonyl (C=O) groups excluding carboxylic acids is 1. The zero-order chi connectivity index (χ0) is 21.8. The first-order valence-electron chi connectivity index (χ1n) is 10.9. The molecule has 5 rings (SSSR count). The number of amides is 1. The van der Waals surface area contributed by atoms with Crippen molar-refractivity contribution in [3.63, 3.8) is 0 Å². The molecule has 0 spiro atoms. The van der Waals surface area contributed by atoms with Crippen molar-refractivity contribution >= 4 is 5.91 Å². The average molecular weight is 424 g/mol. The molecular formula is C26H25N5O. The molecule has 32 heavy (non-hydrogen) atoms. The van der Waals surface area contributed by atoms with Crippen LogP contribution in [0.15, 0.2) is 97.6 Å². The number of carbonyl (C=O) groups is 1. The zero-order valence-electron chi connectivity index (χ0n) is 17.8. The predicted molar refractivity (Wildman–Crippen MR) is 124 cm³/mol. The molecule has 1 aliphatic rings. The highest BCUT2D eigenvalue weighted by Crippen LogP contribution is 2.29. The van der Waals surface area contributed by atoms with E-state index in [9.17, 15) is 4.79 Å². The van der Waals surface area contributed by atoms with Gasteiger partial charge in [0.05, 0.1) is 11.7 Å². The second kappa shape index (κ2) is 9.16. The Balaban J connectivity index is 1.29. The second-order valence-corrected chi connectivity index (χ2v) is 7.94. The molecule has 6 nitrogen and oxygen atoms in total. The Morgan fingerprint density at radius 2 is 1.34 bits per heavy atom. The second-order valence-electron chi connectivity index (χ2n) is 7.94. The molecule has 4 aromatic rings. The Morgan fingerprint density at radius 3 is 1.88 bits per heavy atom. The van der Waals surface area contributed by atoms with Crippen molar-refractivity contribution in [1.82, 2.24) is 24.6 Å². The quantitative estimate of drug-likeness (QED) is 0.490. The van der Waals surface area contributed by atoms with Crippen molar-refractivity contribution in [2.24, 2.45) is 0 Å². The van der Waals surface area contributed by atoms with Gasteiger partial charge in [-0.2, -0.15) is 5.10 Å². The molecule has 0 bridgehead atoms. The van der Waals surface area contributed by atoms with Crippen molar-refractivity contribution in [1.29, 1.82) is 0 Å². The van der Waals surface area contributed by atoms with E-state index in [1.807, 2.05) is 29.2 Å². The molecule has 3 aromatic carbocycles. The monoisotopic (exact) mass is 423 g/mol. The van der Waals surface area contributed by atoms with Gasteiger partial charge in [0, 0.05) is 31.7 Å². The molecule has 1 aromatic heterocycles. The molecule has 0 N–H and O–H groups in total. The highest BCUT2D eigenvalue weighted by atomic mass is 16.2. The molecule has 0 atom stereocenters. The molecular weight excluding hydrogens is 398 g/mol. The summed E-state index contributed by atoms with van der Waals surface area (Å²) in [6.07, 6.45) is 3.14. The van der Waals surface area contributed by atoms with Gasteiger partial charge in [-0.25, -0.2) is 9.67 Å². The highest BCUT2D eigenvalue weighted by Gasteiger charge is 2.28. The number of benzene rings is 3. The van der Waals surface area contributed by atoms with E-state index in [0.717, 1.165) is 18.8 Å². The van der Waals surface area contributed by atoms with E-state index in [1.165, 1.54) is 17.5 Å². The summed E-state index contributed by atoms with van der Waals surface area (Å²) in [4.78, 5) is 21.5. The van der Waals surface area contributed by atoms with Gasteiger partial charge >= 0.3 is 0 Å². The topological polar surface area (TPSA) is 54.3 Å². The van der Waals surface area contributed by atoms with Crippen molar-refractivity contribution in [3.05, 3.63) is 114 Å². The number of nitrogens with zero attached hydrogens (tertiary/aromatic N) is 5. The molecule has 160 valence electrons. The van der Waals surface area contributed by atoms with E-state index in [4.69, 9.17) is 0 Å². The molecule has 6 heteroatoms. The molecule has 1 amide bonds. The van der Waals surface area contributed by atoms with Crippen LogP contribution in [-0.4, -0.2) is 56.7 Å². The van der Waals surface area contributed by atoms with Crippen LogP contribution in [0.2, 0.25) is 0 Å². The Morgan fingerprint density at radius 1 is 0.750 bits per heavy atom. The van der Waals surface area contributed by atoms with Crippen LogP contribution in [0, 0.1) is 0 Å². The van der Waals surface area contributed by atoms with Crippen molar-refractivity contribution in [2.45, 2.75) is 6.04 Å². The van der Waals surface area contributed by atoms with Crippen molar-refractivity contribution in [2.75, 3.05) is 26.2 Å². The third kappa shape index (κ3) is 4.18. The van der Waals surface area contributed by atoms with Crippen LogP contribution in [0.25, 0.3) is 5.69 Å². The lowest BCUT2D eigenvalue weighted by atomic mass is 9.96. The van der Waals surface area contributed by atoms with Crippen LogP contribution in [0.1, 0.15) is 27.5 Å². The number of piperazine rings is 1. The van der Waals surface area contributed by atoms with E-state index in [2.05, 4.69) is 75.6 Å². The third-order valence-corrected chi connectivity index (χ3v) is 5.99. The van der Waals surface area contributed by atoms with Gasteiger partial charge in [-0.1, -0.05) is 60.7 Å². The summed E-state index contributed by atoms with van der Waals surface area (Å²) in [5.41, 5.74) is 4.15. The maximum Gasteiger partial charge on any atom is 0.253 e. The normalized spacial score (nSPS) is 14.6. The summed E-state index contributed by atoms with van der Waals surface area (Å²) in [6.45, 7) is 3.08. The first-order valence-corrected chi connectivity index (χ1v) is 10.9. The fourth-order valence-electron chi connectivity index (χ4n) is 4.35. The summed E-state index contributed by atoms with van der Waals surface area (Å²) in [5.74, 6) is 0.0748. The molecule has 0 saturated carbocycles. The van der Waals surface area contributed by atoms with Gasteiger partial charge in [-0.3, -0.25) is 9.69 Å². The van der Waals surface area contributed by atoms with Gasteiger partial charge < -0.3 is 4.90 Å². The maximum absolute atomic E-state index is 13.1. The minimum absolute atomic E-state index is 0.0748. The van der Waals surface area contributed by atoms with Gasteiger partial charge in [0.2, 0.25) is 0 Å². The fourth-order valence-corrected chi connectivity index (χ4v) is 4.35. The van der Waals surface area contributed by atoms with Gasteiger partial charge in [-0.15, -0.1) is 0 Å². The van der Waals surface area contributed by atoms with Crippen LogP contribution >= 0.6 is 0 Å². The molecule has 0 unspecified atom stereocenters. The smallest absolute Gasteiger partial charge is 0.253 e. The minimum Gasteiger partial charge on any atom is -0.336 e. The number of hydrogen-bond donors (Lipinski definition) is 0. The summed E-state index contributed by atoms with van der Waals surface area (Å²) >= 11 is 0. The molecule has 2 heterocycles. The summed E-state index contributed by atoms with van der Waals surface area (Å²) in [5, 5.41) is 4.13. The SMILES string of the molecule is O=C(c1ccc(-n2cncn2)cc1)N1CCN(C(c2ccccc2)c2ccccc2)CC1. The third-order valence-electron chi connectivity index (χ3n) is 5.99. The molecule has 1 saturated heterocycles. The summed E-state index contributed by atoms with van der Waals surface area (Å²) in [7, 11) is 0. The van der Waals surface area contributed by atoms with Crippen molar-refractivity contribution in [3.8, 4) is 5.69 Å². The first-order chi connectivity index (χ1) is 15.8. The Kier molecular flexibility index (Phi) is 5.77. The average Bonchev–Trinajstić information content (AvgIpc) is 3.41. The number of rotatable bonds is 5. The van der Waals surface area contributed by atoms with E-state index in [0.29, 0.717) is 18.7 Å². The molecule has 1 aliphatic heterocycles. The Labute approximate surface area is 187 Å². The lowest BCUT2D eigenvalue weighted by Crippen LogP contribution is -2.49. The Hall–Kier alpha value is -3.77. The maximum atomic E-state index is 13.1. The largest absolute Gasteiger partial charge is 0.336 e. The standard InChI is InChI=1S/C26H25N5O/c32-26(23-11-13-24(14-12-23)31-20-27-19-28-31)30-17-15-29(16-18-30)25(21-7-3-1-4-8-21)22-9-5-2-6-10-22/h1-14,19-20,25H,15-18H2. The predicted octanol–water partition coefficient (Wildman–Crippen LogP) is 3.81. The van der Waals surface area contributed by atoms with E-state index >= 15 is 0 Å². The summed E-state index contributed by atoms with van der Waals surface area (Å²) < 4.78 is 1.68. The van der Waals surface area contributed by atoms with Crippen LogP contribution in [0.5, 0.6) is 0 Å². The van der Waals surface area contributed by atoms with Crippen LogP contribution in [0.4, 0.5) is 0 Å². The van der Waals surface area contributed by atoms with Crippen LogP contribution < -0.4 is 0 Å². The highest BCUT2D eigenvalue weighted by molar-refractivity contribution is 5.94. The zero-order valence-corrected chi connectivity index (χ0v) is 17.8. The Bertz CT molecular complexity index is 1100. The minimum atomic E-state index is 0.0748. The van der Waals surface area contributed by atoms with Crippen LogP contribution in [0.3, 0.4) is 0 Å². The summed E-state index contributed by atoms with van der Waals surface area (Å²) in [6, 6.07) is 28.9. The van der Waals surface area contributed by atoms with Crippen LogP contribution in [-0.2, 0) is 0 Å².